The fourth-order valence-electron chi connectivity index (χ4n) is 2.78. The number of carbonyl (C=O) groups excluding carboxylic acids is 2. The van der Waals surface area contributed by atoms with E-state index in [4.69, 9.17) is 4.74 Å². The monoisotopic (exact) mass is 274 g/mol. The van der Waals surface area contributed by atoms with E-state index < -0.39 is 5.54 Å². The number of nitrogens with zero attached hydrogens (tertiary/aromatic N) is 1. The van der Waals surface area contributed by atoms with Crippen molar-refractivity contribution in [3.63, 3.8) is 0 Å². The molecule has 0 bridgehead atoms. The van der Waals surface area contributed by atoms with Crippen molar-refractivity contribution in [2.75, 3.05) is 18.1 Å². The molecule has 1 aromatic rings. The summed E-state index contributed by atoms with van der Waals surface area (Å²) >= 11 is 0. The Labute approximate surface area is 117 Å². The lowest BCUT2D eigenvalue weighted by Gasteiger charge is -2.33. The van der Waals surface area contributed by atoms with Gasteiger partial charge in [0, 0.05) is 6.61 Å². The van der Waals surface area contributed by atoms with E-state index in [0.29, 0.717) is 24.5 Å². The highest BCUT2D eigenvalue weighted by Gasteiger charge is 2.42. The molecule has 1 aromatic carbocycles. The van der Waals surface area contributed by atoms with Crippen molar-refractivity contribution in [1.29, 1.82) is 0 Å². The van der Waals surface area contributed by atoms with Crippen LogP contribution < -0.4 is 10.2 Å². The molecular formula is C15H18N2O3. The van der Waals surface area contributed by atoms with Gasteiger partial charge < -0.3 is 15.0 Å². The third kappa shape index (κ3) is 1.98. The smallest absolute Gasteiger partial charge is 0.254 e. The Kier molecular flexibility index (Phi) is 3.01. The predicted molar refractivity (Wildman–Crippen MR) is 74.7 cm³/mol. The highest BCUT2D eigenvalue weighted by molar-refractivity contribution is 6.12. The van der Waals surface area contributed by atoms with E-state index in [1.807, 2.05) is 18.2 Å². The molecule has 1 N–H and O–H groups in total. The lowest BCUT2D eigenvalue weighted by molar-refractivity contribution is -0.123. The third-order valence-corrected chi connectivity index (χ3v) is 3.86. The Balaban J connectivity index is 2.14. The zero-order chi connectivity index (χ0) is 14.3. The summed E-state index contributed by atoms with van der Waals surface area (Å²) in [4.78, 5) is 26.9. The molecule has 20 heavy (non-hydrogen) atoms. The second kappa shape index (κ2) is 4.59. The maximum Gasteiger partial charge on any atom is 0.254 e. The zero-order valence-corrected chi connectivity index (χ0v) is 11.7. The van der Waals surface area contributed by atoms with Gasteiger partial charge in [-0.15, -0.1) is 0 Å². The number of ether oxygens (including phenoxy) is 1. The van der Waals surface area contributed by atoms with Crippen LogP contribution in [0, 0.1) is 0 Å². The molecule has 2 heterocycles. The maximum absolute atomic E-state index is 12.8. The summed E-state index contributed by atoms with van der Waals surface area (Å²) in [5.41, 5.74) is 0.299. The average Bonchev–Trinajstić information content (AvgIpc) is 2.90. The first-order valence-electron chi connectivity index (χ1n) is 6.83. The molecule has 0 radical (unpaired) electrons. The Morgan fingerprint density at radius 3 is 2.75 bits per heavy atom. The molecule has 0 saturated carbocycles. The van der Waals surface area contributed by atoms with Gasteiger partial charge in [-0.05, 0) is 32.4 Å². The first kappa shape index (κ1) is 13.1. The average molecular weight is 274 g/mol. The van der Waals surface area contributed by atoms with Gasteiger partial charge in [-0.1, -0.05) is 12.1 Å². The van der Waals surface area contributed by atoms with E-state index in [-0.39, 0.29) is 17.9 Å². The largest absolute Gasteiger partial charge is 0.379 e. The van der Waals surface area contributed by atoms with Crippen LogP contribution in [0.3, 0.4) is 0 Å². The Morgan fingerprint density at radius 2 is 2.05 bits per heavy atom. The van der Waals surface area contributed by atoms with Crippen molar-refractivity contribution >= 4 is 17.5 Å². The molecule has 2 aliphatic heterocycles. The summed E-state index contributed by atoms with van der Waals surface area (Å²) in [6.45, 7) is 4.65. The topological polar surface area (TPSA) is 58.6 Å². The van der Waals surface area contributed by atoms with Crippen LogP contribution in [0.2, 0.25) is 0 Å². The van der Waals surface area contributed by atoms with E-state index in [1.165, 1.54) is 0 Å². The summed E-state index contributed by atoms with van der Waals surface area (Å²) in [5, 5.41) is 2.81. The number of carbonyl (C=O) groups is 2. The third-order valence-electron chi connectivity index (χ3n) is 3.86. The Morgan fingerprint density at radius 1 is 1.30 bits per heavy atom. The molecule has 5 heteroatoms. The van der Waals surface area contributed by atoms with Gasteiger partial charge in [0.2, 0.25) is 0 Å². The van der Waals surface area contributed by atoms with Crippen molar-refractivity contribution < 1.29 is 14.3 Å². The van der Waals surface area contributed by atoms with Crippen LogP contribution in [0.15, 0.2) is 24.3 Å². The fourth-order valence-corrected chi connectivity index (χ4v) is 2.78. The minimum Gasteiger partial charge on any atom is -0.379 e. The van der Waals surface area contributed by atoms with Gasteiger partial charge in [0.25, 0.3) is 11.8 Å². The molecule has 1 atom stereocenters. The molecular weight excluding hydrogens is 256 g/mol. The summed E-state index contributed by atoms with van der Waals surface area (Å²) in [5.74, 6) is -0.299. The number of fused-ring (bicyclic) bond motifs is 1. The summed E-state index contributed by atoms with van der Waals surface area (Å²) in [6, 6.07) is 7.23. The van der Waals surface area contributed by atoms with Crippen LogP contribution in [-0.4, -0.2) is 36.6 Å². The molecule has 0 aromatic heterocycles. The highest BCUT2D eigenvalue weighted by atomic mass is 16.5. The van der Waals surface area contributed by atoms with Crippen molar-refractivity contribution in [2.24, 2.45) is 0 Å². The number of hydrogen-bond acceptors (Lipinski definition) is 3. The quantitative estimate of drug-likeness (QED) is 0.840. The van der Waals surface area contributed by atoms with E-state index in [0.717, 1.165) is 6.42 Å². The molecule has 2 aliphatic rings. The maximum atomic E-state index is 12.8. The van der Waals surface area contributed by atoms with Crippen LogP contribution >= 0.6 is 0 Å². The molecule has 5 nitrogen and oxygen atoms in total. The zero-order valence-electron chi connectivity index (χ0n) is 11.7. The highest BCUT2D eigenvalue weighted by Crippen LogP contribution is 2.31. The van der Waals surface area contributed by atoms with Gasteiger partial charge in [0.15, 0.2) is 0 Å². The van der Waals surface area contributed by atoms with Crippen molar-refractivity contribution in [3.8, 4) is 0 Å². The second-order valence-electron chi connectivity index (χ2n) is 5.79. The lowest BCUT2D eigenvalue weighted by atomic mass is 10.0. The molecule has 106 valence electrons. The standard InChI is InChI=1S/C15H18N2O3/c1-15(2)14(19)17(10-7-8-20-9-10)12-6-4-3-5-11(12)13(18)16-15/h3-6,10H,7-9H2,1-2H3,(H,16,18). The molecule has 1 fully saturated rings. The van der Waals surface area contributed by atoms with E-state index >= 15 is 0 Å². The predicted octanol–water partition coefficient (Wildman–Crippen LogP) is 1.33. The number of rotatable bonds is 1. The molecule has 0 aliphatic carbocycles. The van der Waals surface area contributed by atoms with Crippen LogP contribution in [0.5, 0.6) is 0 Å². The number of benzene rings is 1. The van der Waals surface area contributed by atoms with Crippen molar-refractivity contribution in [2.45, 2.75) is 31.8 Å². The van der Waals surface area contributed by atoms with Crippen molar-refractivity contribution in [3.05, 3.63) is 29.8 Å². The number of para-hydroxylation sites is 1. The number of amides is 2. The van der Waals surface area contributed by atoms with Crippen molar-refractivity contribution in [1.82, 2.24) is 5.32 Å². The summed E-state index contributed by atoms with van der Waals surface area (Å²) < 4.78 is 5.41. The lowest BCUT2D eigenvalue weighted by Crippen LogP contribution is -2.56. The minimum absolute atomic E-state index is 0.00405. The van der Waals surface area contributed by atoms with Gasteiger partial charge >= 0.3 is 0 Å². The number of anilines is 1. The first-order chi connectivity index (χ1) is 9.50. The molecule has 0 spiro atoms. The van der Waals surface area contributed by atoms with Gasteiger partial charge in [-0.25, -0.2) is 0 Å². The molecule has 2 amide bonds. The normalized spacial score (nSPS) is 25.1. The van der Waals surface area contributed by atoms with Gasteiger partial charge in [-0.3, -0.25) is 9.59 Å². The van der Waals surface area contributed by atoms with Gasteiger partial charge in [-0.2, -0.15) is 0 Å². The Bertz CT molecular complexity index is 562. The van der Waals surface area contributed by atoms with Crippen LogP contribution in [0.1, 0.15) is 30.6 Å². The van der Waals surface area contributed by atoms with E-state index in [9.17, 15) is 9.59 Å². The van der Waals surface area contributed by atoms with Crippen LogP contribution in [0.4, 0.5) is 5.69 Å². The molecule has 3 rings (SSSR count). The molecule has 1 unspecified atom stereocenters. The van der Waals surface area contributed by atoms with Gasteiger partial charge in [0.05, 0.1) is 23.9 Å². The minimum atomic E-state index is -0.918. The van der Waals surface area contributed by atoms with Crippen LogP contribution in [-0.2, 0) is 9.53 Å². The van der Waals surface area contributed by atoms with E-state index in [2.05, 4.69) is 5.32 Å². The first-order valence-corrected chi connectivity index (χ1v) is 6.83. The Hall–Kier alpha value is -1.88. The summed E-state index contributed by atoms with van der Waals surface area (Å²) in [6.07, 6.45) is 0.796. The molecule has 1 saturated heterocycles. The van der Waals surface area contributed by atoms with E-state index in [1.54, 1.807) is 24.8 Å². The SMILES string of the molecule is CC1(C)NC(=O)c2ccccc2N(C2CCOC2)C1=O. The fraction of sp³-hybridized carbons (Fsp3) is 0.467. The second-order valence-corrected chi connectivity index (χ2v) is 5.79. The van der Waals surface area contributed by atoms with Crippen LogP contribution in [0.25, 0.3) is 0 Å². The number of hydrogen-bond donors (Lipinski definition) is 1. The number of nitrogens with one attached hydrogen (secondary N) is 1. The summed E-state index contributed by atoms with van der Waals surface area (Å²) in [7, 11) is 0. The van der Waals surface area contributed by atoms with Gasteiger partial charge in [0.1, 0.15) is 5.54 Å².